The van der Waals surface area contributed by atoms with E-state index >= 15 is 0 Å². The Hall–Kier alpha value is -2.48. The molecule has 0 radical (unpaired) electrons. The van der Waals surface area contributed by atoms with E-state index in [9.17, 15) is 8.42 Å². The van der Waals surface area contributed by atoms with Crippen molar-refractivity contribution in [3.8, 4) is 0 Å². The predicted molar refractivity (Wildman–Crippen MR) is 89.4 cm³/mol. The lowest BCUT2D eigenvalue weighted by atomic mass is 10.1. The van der Waals surface area contributed by atoms with Gasteiger partial charge >= 0.3 is 0 Å². The van der Waals surface area contributed by atoms with Crippen LogP contribution in [0, 0.1) is 6.92 Å². The second-order valence-corrected chi connectivity index (χ2v) is 7.62. The minimum Gasteiger partial charge on any atom is -0.249 e. The van der Waals surface area contributed by atoms with E-state index in [1.54, 1.807) is 31.6 Å². The van der Waals surface area contributed by atoms with Crippen LogP contribution in [0.3, 0.4) is 0 Å². The quantitative estimate of drug-likeness (QED) is 0.710. The number of rotatable bonds is 2. The van der Waals surface area contributed by atoms with Crippen molar-refractivity contribution in [1.29, 1.82) is 0 Å². The number of fused-ring (bicyclic) bond motifs is 2. The fourth-order valence-corrected chi connectivity index (χ4v) is 4.92. The van der Waals surface area contributed by atoms with Gasteiger partial charge in [-0.15, -0.1) is 0 Å². The standard InChI is InChI=1S/C16H17N5O2S/c1-12-14(16-18-9-5-10-20(16)19-12)24(22,23)21-11-3-2-6-13-7-4-8-17-15(13)21/h4-5,7-10H,2-3,6,11H2,1H3. The van der Waals surface area contributed by atoms with E-state index in [1.807, 2.05) is 12.1 Å². The van der Waals surface area contributed by atoms with Crippen LogP contribution in [-0.4, -0.2) is 34.5 Å². The summed E-state index contributed by atoms with van der Waals surface area (Å²) in [5, 5.41) is 4.28. The Morgan fingerprint density at radius 1 is 1.12 bits per heavy atom. The number of sulfonamides is 1. The van der Waals surface area contributed by atoms with E-state index in [2.05, 4.69) is 15.1 Å². The lowest BCUT2D eigenvalue weighted by molar-refractivity contribution is 0.589. The average Bonchev–Trinajstić information content (AvgIpc) is 2.76. The molecule has 0 fully saturated rings. The molecule has 0 spiro atoms. The summed E-state index contributed by atoms with van der Waals surface area (Å²) in [4.78, 5) is 8.72. The van der Waals surface area contributed by atoms with Crippen LogP contribution in [0.4, 0.5) is 5.82 Å². The van der Waals surface area contributed by atoms with Gasteiger partial charge in [-0.1, -0.05) is 6.07 Å². The van der Waals surface area contributed by atoms with E-state index in [0.717, 1.165) is 24.8 Å². The van der Waals surface area contributed by atoms with E-state index < -0.39 is 10.0 Å². The molecule has 0 aromatic carbocycles. The zero-order valence-corrected chi connectivity index (χ0v) is 14.1. The molecule has 7 nitrogen and oxygen atoms in total. The highest BCUT2D eigenvalue weighted by Crippen LogP contribution is 2.31. The maximum Gasteiger partial charge on any atom is 0.271 e. The minimum atomic E-state index is -3.79. The van der Waals surface area contributed by atoms with Gasteiger partial charge in [0.2, 0.25) is 0 Å². The Morgan fingerprint density at radius 3 is 2.83 bits per heavy atom. The molecule has 124 valence electrons. The summed E-state index contributed by atoms with van der Waals surface area (Å²) in [5.74, 6) is 0.518. The zero-order chi connectivity index (χ0) is 16.7. The number of hydrogen-bond acceptors (Lipinski definition) is 5. The SMILES string of the molecule is Cc1nn2cccnc2c1S(=O)(=O)N1CCCCc2cccnc21. The molecule has 0 bridgehead atoms. The van der Waals surface area contributed by atoms with E-state index in [1.165, 1.54) is 8.82 Å². The summed E-state index contributed by atoms with van der Waals surface area (Å²) in [5.41, 5.74) is 1.74. The molecule has 0 amide bonds. The molecular formula is C16H17N5O2S. The number of nitrogens with zero attached hydrogens (tertiary/aromatic N) is 5. The largest absolute Gasteiger partial charge is 0.271 e. The van der Waals surface area contributed by atoms with Crippen LogP contribution in [-0.2, 0) is 16.4 Å². The van der Waals surface area contributed by atoms with Crippen molar-refractivity contribution in [3.05, 3.63) is 48.0 Å². The monoisotopic (exact) mass is 343 g/mol. The van der Waals surface area contributed by atoms with Crippen molar-refractivity contribution < 1.29 is 8.42 Å². The van der Waals surface area contributed by atoms with E-state index in [-0.39, 0.29) is 4.90 Å². The van der Waals surface area contributed by atoms with Gasteiger partial charge < -0.3 is 0 Å². The van der Waals surface area contributed by atoms with Gasteiger partial charge in [0.25, 0.3) is 10.0 Å². The first kappa shape index (κ1) is 15.1. The van der Waals surface area contributed by atoms with Crippen LogP contribution in [0.15, 0.2) is 41.7 Å². The van der Waals surface area contributed by atoms with Crippen LogP contribution in [0.1, 0.15) is 24.1 Å². The minimum absolute atomic E-state index is 0.154. The fourth-order valence-electron chi connectivity index (χ4n) is 3.15. The topological polar surface area (TPSA) is 80.5 Å². The first-order valence-corrected chi connectivity index (χ1v) is 9.29. The summed E-state index contributed by atoms with van der Waals surface area (Å²) in [6.07, 6.45) is 7.47. The maximum atomic E-state index is 13.4. The smallest absolute Gasteiger partial charge is 0.249 e. The Bertz CT molecular complexity index is 1010. The number of aryl methyl sites for hydroxylation is 2. The van der Waals surface area contributed by atoms with Gasteiger partial charge in [0.15, 0.2) is 10.5 Å². The summed E-state index contributed by atoms with van der Waals surface area (Å²) >= 11 is 0. The highest BCUT2D eigenvalue weighted by Gasteiger charge is 2.33. The molecule has 1 aliphatic heterocycles. The number of anilines is 1. The molecule has 8 heteroatoms. The van der Waals surface area contributed by atoms with Crippen LogP contribution in [0.25, 0.3) is 5.65 Å². The molecule has 0 unspecified atom stereocenters. The summed E-state index contributed by atoms with van der Waals surface area (Å²) < 4.78 is 29.7. The van der Waals surface area contributed by atoms with Gasteiger partial charge in [-0.2, -0.15) is 5.10 Å². The van der Waals surface area contributed by atoms with Gasteiger partial charge in [-0.25, -0.2) is 27.2 Å². The molecule has 3 aromatic rings. The molecule has 0 aliphatic carbocycles. The number of aromatic nitrogens is 4. The molecule has 24 heavy (non-hydrogen) atoms. The highest BCUT2D eigenvalue weighted by molar-refractivity contribution is 7.93. The molecular weight excluding hydrogens is 326 g/mol. The normalized spacial score (nSPS) is 15.3. The number of hydrogen-bond donors (Lipinski definition) is 0. The van der Waals surface area contributed by atoms with Crippen molar-refractivity contribution in [1.82, 2.24) is 19.6 Å². The van der Waals surface area contributed by atoms with Gasteiger partial charge in [0, 0.05) is 25.1 Å². The Morgan fingerprint density at radius 2 is 1.96 bits per heavy atom. The van der Waals surface area contributed by atoms with Crippen molar-refractivity contribution in [2.75, 3.05) is 10.8 Å². The lowest BCUT2D eigenvalue weighted by Crippen LogP contribution is -2.33. The molecule has 0 saturated carbocycles. The van der Waals surface area contributed by atoms with Gasteiger partial charge in [0.05, 0.1) is 5.69 Å². The Labute approximate surface area is 140 Å². The van der Waals surface area contributed by atoms with Crippen LogP contribution >= 0.6 is 0 Å². The zero-order valence-electron chi connectivity index (χ0n) is 13.3. The first-order valence-electron chi connectivity index (χ1n) is 7.85. The molecule has 0 saturated heterocycles. The van der Waals surface area contributed by atoms with Gasteiger partial charge in [-0.05, 0) is 43.9 Å². The van der Waals surface area contributed by atoms with Crippen LogP contribution in [0.2, 0.25) is 0 Å². The summed E-state index contributed by atoms with van der Waals surface area (Å²) in [6.45, 7) is 2.11. The van der Waals surface area contributed by atoms with Gasteiger partial charge in [-0.3, -0.25) is 0 Å². The van der Waals surface area contributed by atoms with E-state index in [4.69, 9.17) is 0 Å². The Balaban J connectivity index is 1.93. The predicted octanol–water partition coefficient (Wildman–Crippen LogP) is 1.96. The first-order chi connectivity index (χ1) is 11.6. The third-order valence-corrected chi connectivity index (χ3v) is 6.16. The van der Waals surface area contributed by atoms with Crippen LogP contribution < -0.4 is 4.31 Å². The fraction of sp³-hybridized carbons (Fsp3) is 0.312. The van der Waals surface area contributed by atoms with Crippen molar-refractivity contribution in [2.45, 2.75) is 31.1 Å². The molecule has 0 atom stereocenters. The molecule has 1 aliphatic rings. The molecule has 4 heterocycles. The second-order valence-electron chi connectivity index (χ2n) is 5.82. The molecule has 3 aromatic heterocycles. The highest BCUT2D eigenvalue weighted by atomic mass is 32.2. The van der Waals surface area contributed by atoms with Gasteiger partial charge in [0.1, 0.15) is 5.82 Å². The lowest BCUT2D eigenvalue weighted by Gasteiger charge is -2.22. The Kier molecular flexibility index (Phi) is 3.49. The average molecular weight is 343 g/mol. The van der Waals surface area contributed by atoms with Crippen molar-refractivity contribution in [3.63, 3.8) is 0 Å². The summed E-state index contributed by atoms with van der Waals surface area (Å²) in [6, 6.07) is 5.51. The van der Waals surface area contributed by atoms with Crippen molar-refractivity contribution >= 4 is 21.5 Å². The van der Waals surface area contributed by atoms with E-state index in [0.29, 0.717) is 23.7 Å². The number of pyridine rings is 1. The second kappa shape index (κ2) is 5.55. The van der Waals surface area contributed by atoms with Crippen LogP contribution in [0.5, 0.6) is 0 Å². The third kappa shape index (κ3) is 2.25. The summed E-state index contributed by atoms with van der Waals surface area (Å²) in [7, 11) is -3.79. The third-order valence-electron chi connectivity index (χ3n) is 4.23. The van der Waals surface area contributed by atoms with Crippen molar-refractivity contribution in [2.24, 2.45) is 0 Å². The maximum absolute atomic E-state index is 13.4. The molecule has 4 rings (SSSR count). The molecule has 0 N–H and O–H groups in total.